The Morgan fingerprint density at radius 2 is 1.28 bits per heavy atom. The highest BCUT2D eigenvalue weighted by atomic mass is 16.7. The highest BCUT2D eigenvalue weighted by Crippen LogP contribution is 2.33. The van der Waals surface area contributed by atoms with Gasteiger partial charge in [-0.1, -0.05) is 112 Å². The summed E-state index contributed by atoms with van der Waals surface area (Å²) in [7, 11) is 0. The molecule has 0 aromatic rings. The summed E-state index contributed by atoms with van der Waals surface area (Å²) in [5.74, 6) is -3.45. The topological polar surface area (TPSA) is 288 Å². The van der Waals surface area contributed by atoms with E-state index in [9.17, 15) is 55.5 Å². The van der Waals surface area contributed by atoms with E-state index in [-0.39, 0.29) is 56.8 Å². The van der Waals surface area contributed by atoms with Crippen LogP contribution in [-0.2, 0) is 33.3 Å². The van der Waals surface area contributed by atoms with Crippen molar-refractivity contribution in [2.45, 2.75) is 164 Å². The Labute approximate surface area is 394 Å². The molecule has 3 aliphatic rings. The van der Waals surface area contributed by atoms with Gasteiger partial charge < -0.3 is 75.4 Å². The molecule has 0 aliphatic carbocycles. The van der Waals surface area contributed by atoms with Crippen LogP contribution in [0.25, 0.3) is 0 Å². The van der Waals surface area contributed by atoms with Crippen molar-refractivity contribution in [1.82, 2.24) is 0 Å². The van der Waals surface area contributed by atoms with Crippen LogP contribution in [0.1, 0.15) is 72.6 Å². The summed E-state index contributed by atoms with van der Waals surface area (Å²) in [5.41, 5.74) is 6.08. The first-order chi connectivity index (χ1) is 31.8. The molecule has 2 bridgehead atoms. The van der Waals surface area contributed by atoms with Crippen LogP contribution in [-0.4, -0.2) is 156 Å². The molecule has 17 nitrogen and oxygen atoms in total. The number of fused-ring (bicyclic) bond motifs is 2. The van der Waals surface area contributed by atoms with Gasteiger partial charge in [-0.15, -0.1) is 0 Å². The van der Waals surface area contributed by atoms with Crippen molar-refractivity contribution >= 4 is 11.9 Å². The zero-order valence-electron chi connectivity index (χ0n) is 39.0. The lowest BCUT2D eigenvalue weighted by molar-refractivity contribution is -0.277. The largest absolute Gasteiger partial charge is 0.494 e. The highest BCUT2D eigenvalue weighted by molar-refractivity contribution is 5.74. The van der Waals surface area contributed by atoms with E-state index in [4.69, 9.17) is 29.4 Å². The van der Waals surface area contributed by atoms with E-state index >= 15 is 0 Å². The molecule has 1 saturated heterocycles. The number of cyclic esters (lactones) is 1. The van der Waals surface area contributed by atoms with Crippen LogP contribution in [0.3, 0.4) is 0 Å². The van der Waals surface area contributed by atoms with Gasteiger partial charge in [0.25, 0.3) is 0 Å². The Kier molecular flexibility index (Phi) is 25.4. The van der Waals surface area contributed by atoms with E-state index in [1.165, 1.54) is 12.2 Å². The molecule has 0 radical (unpaired) electrons. The second-order valence-corrected chi connectivity index (χ2v) is 17.6. The molecule has 67 heavy (non-hydrogen) atoms. The van der Waals surface area contributed by atoms with Crippen molar-refractivity contribution in [1.29, 1.82) is 0 Å². The van der Waals surface area contributed by atoms with E-state index < -0.39 is 122 Å². The summed E-state index contributed by atoms with van der Waals surface area (Å²) in [4.78, 5) is 26.0. The zero-order chi connectivity index (χ0) is 49.6. The Hall–Kier alpha value is -4.08. The van der Waals surface area contributed by atoms with Gasteiger partial charge in [-0.2, -0.15) is 0 Å². The Morgan fingerprint density at radius 3 is 1.90 bits per heavy atom. The number of rotatable bonds is 5. The molecule has 3 aliphatic heterocycles. The number of hydrogen-bond donors (Lipinski definition) is 10. The van der Waals surface area contributed by atoms with Crippen molar-refractivity contribution < 1.29 is 79.2 Å². The quantitative estimate of drug-likeness (QED) is 0.140. The van der Waals surface area contributed by atoms with E-state index in [1.807, 2.05) is 49.5 Å². The lowest BCUT2D eigenvalue weighted by Crippen LogP contribution is -2.61. The van der Waals surface area contributed by atoms with Crippen molar-refractivity contribution in [3.05, 3.63) is 110 Å². The number of carbonyl (C=O) groups excluding carboxylic acids is 2. The number of esters is 2. The summed E-state index contributed by atoms with van der Waals surface area (Å²) in [6, 6.07) is -1.10. The summed E-state index contributed by atoms with van der Waals surface area (Å²) in [6.45, 7) is 10.2. The first kappa shape index (κ1) is 57.2. The third-order valence-corrected chi connectivity index (χ3v) is 11.9. The second kappa shape index (κ2) is 29.7. The van der Waals surface area contributed by atoms with Gasteiger partial charge in [0, 0.05) is 31.1 Å². The zero-order valence-corrected chi connectivity index (χ0v) is 39.0. The first-order valence-electron chi connectivity index (χ1n) is 23.0. The van der Waals surface area contributed by atoms with Crippen LogP contribution in [0.2, 0.25) is 0 Å². The molecule has 0 unspecified atom stereocenters. The van der Waals surface area contributed by atoms with Gasteiger partial charge in [0.2, 0.25) is 0 Å². The normalized spacial score (nSPS) is 41.9. The fourth-order valence-electron chi connectivity index (χ4n) is 7.74. The standard InChI is InChI=1S/C50H75NO16/c1-6-23-63-49(62)44-41(57)28-38-25-36(54)26-40(56)39(55)22-21-34(52)24-35(53)27-43(58)64-32(4)31(3)46(59)30(2)19-17-15-13-11-9-7-8-10-12-14-16-18-20-37(29-42(44)66-38)67-50-48(61)45(51)47(60)33(5)65-50/h6-20,28,30-37,39-42,44-48,50,52-57,59-61H,1,21-27,29,51H2,2-5H3/b8-7+,11-9+,12-10+,15-13+,16-14+,19-17+,20-18+/t30-,31-,32-,33+,34+,35+,36+,37-,39+,40+,41-,42-,44+,45-,46+,47+,48-,50-/m0/s1. The third kappa shape index (κ3) is 19.8. The van der Waals surface area contributed by atoms with Crippen LogP contribution in [0.5, 0.6) is 0 Å². The van der Waals surface area contributed by atoms with Gasteiger partial charge in [-0.05, 0) is 39.2 Å². The van der Waals surface area contributed by atoms with Crippen LogP contribution in [0.4, 0.5) is 0 Å². The predicted octanol–water partition coefficient (Wildman–Crippen LogP) is 2.16. The van der Waals surface area contributed by atoms with Crippen molar-refractivity contribution in [2.75, 3.05) is 6.61 Å². The minimum absolute atomic E-state index is 0.0575. The molecule has 376 valence electrons. The summed E-state index contributed by atoms with van der Waals surface area (Å²) in [5, 5.41) is 97.2. The SMILES string of the molecule is C=CCOC(=O)[C@H]1[C@@H]2C[C@@H](O[C@@H]3O[C@H](C)[C@@H](O)[C@H](N)[C@@H]3O)/C=C/C=C/C=C/C=C/C=C/C=C/C=C/[C@H](C)[C@@H](O)[C@@H](C)[C@H](C)OC(=O)C[C@H](O)C[C@H](O)CC[C@@H](O)[C@H](O)C[C@H](O)CC(=C[C@@H]1O)O2. The molecule has 17 heteroatoms. The smallest absolute Gasteiger partial charge is 0.316 e. The van der Waals surface area contributed by atoms with Crippen LogP contribution < -0.4 is 5.73 Å². The molecule has 0 spiro atoms. The van der Waals surface area contributed by atoms with Gasteiger partial charge >= 0.3 is 11.9 Å². The van der Waals surface area contributed by atoms with E-state index in [0.29, 0.717) is 0 Å². The van der Waals surface area contributed by atoms with Gasteiger partial charge in [-0.25, -0.2) is 0 Å². The van der Waals surface area contributed by atoms with Gasteiger partial charge in [0.05, 0.1) is 79.3 Å². The Morgan fingerprint density at radius 1 is 0.701 bits per heavy atom. The molecular formula is C50H75NO16. The predicted molar refractivity (Wildman–Crippen MR) is 249 cm³/mol. The summed E-state index contributed by atoms with van der Waals surface area (Å²) >= 11 is 0. The molecule has 3 rings (SSSR count). The minimum atomic E-state index is -1.47. The van der Waals surface area contributed by atoms with E-state index in [0.717, 1.165) is 0 Å². The van der Waals surface area contributed by atoms with Gasteiger partial charge in [0.15, 0.2) is 6.29 Å². The molecule has 18 atom stereocenters. The number of carbonyl (C=O) groups is 2. The van der Waals surface area contributed by atoms with Crippen molar-refractivity contribution in [2.24, 2.45) is 23.5 Å². The lowest BCUT2D eigenvalue weighted by atomic mass is 9.88. The van der Waals surface area contributed by atoms with Crippen molar-refractivity contribution in [3.8, 4) is 0 Å². The molecule has 0 aromatic heterocycles. The monoisotopic (exact) mass is 946 g/mol. The Balaban J connectivity index is 1.89. The number of nitrogens with two attached hydrogens (primary N) is 1. The molecule has 0 amide bonds. The highest BCUT2D eigenvalue weighted by Gasteiger charge is 2.45. The summed E-state index contributed by atoms with van der Waals surface area (Å²) < 4.78 is 29.0. The maximum atomic E-state index is 13.3. The van der Waals surface area contributed by atoms with E-state index in [2.05, 4.69) is 6.58 Å². The lowest BCUT2D eigenvalue weighted by Gasteiger charge is -2.41. The van der Waals surface area contributed by atoms with Gasteiger partial charge in [-0.3, -0.25) is 9.59 Å². The molecule has 0 aromatic carbocycles. The van der Waals surface area contributed by atoms with Crippen molar-refractivity contribution in [3.63, 3.8) is 0 Å². The number of allylic oxidation sites excluding steroid dienone is 12. The molecule has 11 N–H and O–H groups in total. The second-order valence-electron chi connectivity index (χ2n) is 17.6. The average molecular weight is 946 g/mol. The fourth-order valence-corrected chi connectivity index (χ4v) is 7.74. The van der Waals surface area contributed by atoms with Crippen LogP contribution in [0.15, 0.2) is 110 Å². The molecule has 3 heterocycles. The van der Waals surface area contributed by atoms with Crippen LogP contribution in [0, 0.1) is 17.8 Å². The Bertz CT molecular complexity index is 1760. The number of aliphatic hydroxyl groups excluding tert-OH is 9. The number of ether oxygens (including phenoxy) is 5. The summed E-state index contributed by atoms with van der Waals surface area (Å²) in [6.07, 6.45) is 9.54. The molecule has 1 fully saturated rings. The number of hydrogen-bond acceptors (Lipinski definition) is 17. The third-order valence-electron chi connectivity index (χ3n) is 11.9. The number of aliphatic hydroxyl groups is 9. The molecule has 0 saturated carbocycles. The molecular weight excluding hydrogens is 871 g/mol. The van der Waals surface area contributed by atoms with Gasteiger partial charge in [0.1, 0.15) is 30.8 Å². The minimum Gasteiger partial charge on any atom is -0.494 e. The fraction of sp³-hybridized carbons (Fsp3) is 0.600. The first-order valence-corrected chi connectivity index (χ1v) is 23.0. The average Bonchev–Trinajstić information content (AvgIpc) is 3.27. The maximum Gasteiger partial charge on any atom is 0.316 e. The van der Waals surface area contributed by atoms with Crippen LogP contribution >= 0.6 is 0 Å². The van der Waals surface area contributed by atoms with E-state index in [1.54, 1.807) is 63.3 Å². The maximum absolute atomic E-state index is 13.3.